The minimum absolute atomic E-state index is 0.112. The van der Waals surface area contributed by atoms with E-state index in [0.717, 1.165) is 11.1 Å². The number of carboxylic acid groups (broad SMARTS) is 1. The largest absolute Gasteiger partial charge is 0.481 e. The van der Waals surface area contributed by atoms with E-state index in [-0.39, 0.29) is 6.42 Å². The lowest BCUT2D eigenvalue weighted by atomic mass is 10.1. The first kappa shape index (κ1) is 21.6. The molecule has 0 heterocycles. The third-order valence-corrected chi connectivity index (χ3v) is 3.13. The molecule has 6 heteroatoms. The third-order valence-electron chi connectivity index (χ3n) is 3.13. The zero-order valence-corrected chi connectivity index (χ0v) is 15.5. The fourth-order valence-electron chi connectivity index (χ4n) is 2.09. The van der Waals surface area contributed by atoms with Crippen molar-refractivity contribution >= 4 is 23.5 Å². The van der Waals surface area contributed by atoms with Crippen molar-refractivity contribution in [3.63, 3.8) is 0 Å². The summed E-state index contributed by atoms with van der Waals surface area (Å²) in [6.45, 7) is 8.19. The van der Waals surface area contributed by atoms with Gasteiger partial charge in [-0.1, -0.05) is 36.9 Å². The summed E-state index contributed by atoms with van der Waals surface area (Å²) in [5.74, 6) is -0.983. The number of carbonyl (C=O) groups is 3. The molecule has 1 N–H and O–H groups in total. The Morgan fingerprint density at radius 3 is 2.00 bits per heavy atom. The fraction of sp³-hybridized carbons (Fsp3) is 0.190. The smallest absolute Gasteiger partial charge is 0.308 e. The number of hydrogen-bond donors (Lipinski definition) is 1. The molecular weight excluding hydrogens is 348 g/mol. The highest BCUT2D eigenvalue weighted by Gasteiger charge is 2.10. The van der Waals surface area contributed by atoms with Crippen molar-refractivity contribution in [2.45, 2.75) is 27.2 Å². The molecule has 0 aromatic heterocycles. The van der Waals surface area contributed by atoms with Gasteiger partial charge in [-0.2, -0.15) is 0 Å². The van der Waals surface area contributed by atoms with E-state index < -0.39 is 17.9 Å². The number of carbonyl (C=O) groups excluding carboxylic acids is 2. The van der Waals surface area contributed by atoms with E-state index in [1.807, 2.05) is 18.2 Å². The van der Waals surface area contributed by atoms with Gasteiger partial charge in [-0.3, -0.25) is 14.4 Å². The van der Waals surface area contributed by atoms with Crippen LogP contribution in [-0.4, -0.2) is 23.0 Å². The number of aliphatic carboxylic acids is 1. The van der Waals surface area contributed by atoms with Gasteiger partial charge in [0.15, 0.2) is 0 Å². The van der Waals surface area contributed by atoms with Crippen molar-refractivity contribution in [2.75, 3.05) is 0 Å². The van der Waals surface area contributed by atoms with Gasteiger partial charge >= 0.3 is 17.9 Å². The topological polar surface area (TPSA) is 89.9 Å². The molecule has 0 unspecified atom stereocenters. The van der Waals surface area contributed by atoms with E-state index in [0.29, 0.717) is 17.1 Å². The molecule has 0 bridgehead atoms. The second kappa shape index (κ2) is 10.6. The van der Waals surface area contributed by atoms with Gasteiger partial charge in [-0.15, -0.1) is 0 Å². The monoisotopic (exact) mass is 370 g/mol. The van der Waals surface area contributed by atoms with Gasteiger partial charge in [0.25, 0.3) is 0 Å². The molecule has 0 saturated carbocycles. The summed E-state index contributed by atoms with van der Waals surface area (Å²) >= 11 is 0. The summed E-state index contributed by atoms with van der Waals surface area (Å²) in [7, 11) is 0. The highest BCUT2D eigenvalue weighted by molar-refractivity contribution is 5.76. The Labute approximate surface area is 158 Å². The van der Waals surface area contributed by atoms with Crippen LogP contribution in [0.15, 0.2) is 55.1 Å². The maximum absolute atomic E-state index is 11.0. The summed E-state index contributed by atoms with van der Waals surface area (Å²) in [6.07, 6.45) is 0.112. The van der Waals surface area contributed by atoms with E-state index >= 15 is 0 Å². The molecule has 0 saturated heterocycles. The molecule has 2 rings (SSSR count). The van der Waals surface area contributed by atoms with Crippen LogP contribution in [-0.2, 0) is 20.8 Å². The van der Waals surface area contributed by atoms with Crippen LogP contribution in [0.3, 0.4) is 0 Å². The van der Waals surface area contributed by atoms with Crippen LogP contribution >= 0.6 is 0 Å². The van der Waals surface area contributed by atoms with Crippen LogP contribution in [0.2, 0.25) is 0 Å². The lowest BCUT2D eigenvalue weighted by Gasteiger charge is -2.10. The van der Waals surface area contributed by atoms with Crippen LogP contribution in [0.25, 0.3) is 5.57 Å². The third kappa shape index (κ3) is 8.49. The van der Waals surface area contributed by atoms with Crippen LogP contribution < -0.4 is 9.47 Å². The Morgan fingerprint density at radius 1 is 0.926 bits per heavy atom. The second-order valence-corrected chi connectivity index (χ2v) is 5.68. The van der Waals surface area contributed by atoms with Gasteiger partial charge in [0.05, 0.1) is 6.42 Å². The molecule has 0 fully saturated rings. The van der Waals surface area contributed by atoms with Gasteiger partial charge < -0.3 is 14.6 Å². The van der Waals surface area contributed by atoms with Gasteiger partial charge in [-0.05, 0) is 30.2 Å². The summed E-state index contributed by atoms with van der Waals surface area (Å²) < 4.78 is 9.95. The molecular formula is C21H22O6. The molecule has 6 nitrogen and oxygen atoms in total. The summed E-state index contributed by atoms with van der Waals surface area (Å²) in [5, 5.41) is 8.37. The predicted molar refractivity (Wildman–Crippen MR) is 102 cm³/mol. The highest BCUT2D eigenvalue weighted by atomic mass is 16.5. The summed E-state index contributed by atoms with van der Waals surface area (Å²) in [6, 6.07) is 13.9. The van der Waals surface area contributed by atoms with Gasteiger partial charge in [0.2, 0.25) is 0 Å². The highest BCUT2D eigenvalue weighted by Crippen LogP contribution is 2.29. The molecule has 0 atom stereocenters. The average molecular weight is 370 g/mol. The summed E-state index contributed by atoms with van der Waals surface area (Å²) in [5.41, 5.74) is 2.31. The first-order valence-electron chi connectivity index (χ1n) is 8.11. The lowest BCUT2D eigenvalue weighted by Crippen LogP contribution is -2.05. The van der Waals surface area contributed by atoms with Crippen LogP contribution in [0.1, 0.15) is 31.9 Å². The average Bonchev–Trinajstić information content (AvgIpc) is 2.54. The van der Waals surface area contributed by atoms with Gasteiger partial charge in [-0.25, -0.2) is 0 Å². The Bertz CT molecular complexity index is 824. The Morgan fingerprint density at radius 2 is 1.52 bits per heavy atom. The van der Waals surface area contributed by atoms with E-state index in [1.165, 1.54) is 19.9 Å². The number of rotatable bonds is 5. The number of esters is 2. The van der Waals surface area contributed by atoms with Crippen molar-refractivity contribution in [3.05, 3.63) is 66.2 Å². The van der Waals surface area contributed by atoms with E-state index in [1.54, 1.807) is 31.2 Å². The van der Waals surface area contributed by atoms with Crippen molar-refractivity contribution < 1.29 is 29.0 Å². The molecule has 0 aliphatic heterocycles. The summed E-state index contributed by atoms with van der Waals surface area (Å²) in [4.78, 5) is 31.9. The van der Waals surface area contributed by atoms with Crippen molar-refractivity contribution in [1.82, 2.24) is 0 Å². The number of ether oxygens (including phenoxy) is 2. The standard InChI is InChI=1S/C13H14O4.C8H8O2/c1-8(2)12-6-5-11(16-9(3)14)7-13(12)17-10(4)15;9-8(10)6-7-4-2-1-3-5-7/h5-7H,1H2,2-4H3;1-5H,6H2,(H,9,10). The molecule has 2 aromatic carbocycles. The normalized spacial score (nSPS) is 9.44. The molecule has 142 valence electrons. The molecule has 0 radical (unpaired) electrons. The Kier molecular flexibility index (Phi) is 8.45. The molecule has 0 spiro atoms. The SMILES string of the molecule is C=C(C)c1ccc(OC(C)=O)cc1OC(C)=O.O=C(O)Cc1ccccc1. The molecule has 2 aromatic rings. The van der Waals surface area contributed by atoms with Crippen molar-refractivity contribution in [2.24, 2.45) is 0 Å². The van der Waals surface area contributed by atoms with E-state index in [2.05, 4.69) is 6.58 Å². The van der Waals surface area contributed by atoms with Gasteiger partial charge in [0.1, 0.15) is 11.5 Å². The Hall–Kier alpha value is -3.41. The number of allylic oxidation sites excluding steroid dienone is 1. The number of carboxylic acids is 1. The zero-order chi connectivity index (χ0) is 20.4. The fourth-order valence-corrected chi connectivity index (χ4v) is 2.09. The maximum Gasteiger partial charge on any atom is 0.308 e. The molecule has 0 aliphatic carbocycles. The van der Waals surface area contributed by atoms with Crippen molar-refractivity contribution in [3.8, 4) is 11.5 Å². The molecule has 27 heavy (non-hydrogen) atoms. The van der Waals surface area contributed by atoms with E-state index in [4.69, 9.17) is 14.6 Å². The minimum Gasteiger partial charge on any atom is -0.481 e. The van der Waals surface area contributed by atoms with Crippen LogP contribution in [0.4, 0.5) is 0 Å². The quantitative estimate of drug-likeness (QED) is 0.634. The number of hydrogen-bond acceptors (Lipinski definition) is 5. The van der Waals surface area contributed by atoms with Gasteiger partial charge in [0, 0.05) is 25.5 Å². The molecule has 0 amide bonds. The predicted octanol–water partition coefficient (Wildman–Crippen LogP) is 3.88. The maximum atomic E-state index is 11.0. The van der Waals surface area contributed by atoms with Crippen LogP contribution in [0, 0.1) is 0 Å². The molecule has 0 aliphatic rings. The Balaban J connectivity index is 0.000000309. The number of benzene rings is 2. The second-order valence-electron chi connectivity index (χ2n) is 5.68. The lowest BCUT2D eigenvalue weighted by molar-refractivity contribution is -0.136. The first-order chi connectivity index (χ1) is 12.7. The van der Waals surface area contributed by atoms with Crippen molar-refractivity contribution in [1.29, 1.82) is 0 Å². The first-order valence-corrected chi connectivity index (χ1v) is 8.11. The van der Waals surface area contributed by atoms with Crippen LogP contribution in [0.5, 0.6) is 11.5 Å². The zero-order valence-electron chi connectivity index (χ0n) is 15.5. The van der Waals surface area contributed by atoms with E-state index in [9.17, 15) is 14.4 Å². The minimum atomic E-state index is -0.786.